The van der Waals surface area contributed by atoms with Gasteiger partial charge < -0.3 is 19.3 Å². The summed E-state index contributed by atoms with van der Waals surface area (Å²) in [5, 5.41) is 10.4. The van der Waals surface area contributed by atoms with Gasteiger partial charge in [0.1, 0.15) is 19.0 Å². The van der Waals surface area contributed by atoms with Crippen molar-refractivity contribution in [2.45, 2.75) is 0 Å². The highest BCUT2D eigenvalue weighted by Gasteiger charge is 2.23. The highest BCUT2D eigenvalue weighted by Crippen LogP contribution is 2.47. The molecule has 17 heavy (non-hydrogen) atoms. The number of aromatic hydroxyl groups is 1. The summed E-state index contributed by atoms with van der Waals surface area (Å²) in [6.45, 7) is 0.916. The minimum absolute atomic E-state index is 0.124. The average Bonchev–Trinajstić information content (AvgIpc) is 2.37. The van der Waals surface area contributed by atoms with Gasteiger partial charge >= 0.3 is 0 Å². The summed E-state index contributed by atoms with van der Waals surface area (Å²) in [6, 6.07) is 3.25. The number of hydrogen-bond acceptors (Lipinski definition) is 5. The first-order chi connectivity index (χ1) is 8.31. The van der Waals surface area contributed by atoms with Gasteiger partial charge in [0.15, 0.2) is 11.5 Å². The molecule has 1 aliphatic heterocycles. The van der Waals surface area contributed by atoms with Crippen molar-refractivity contribution < 1.29 is 19.3 Å². The lowest BCUT2D eigenvalue weighted by Gasteiger charge is -2.22. The Bertz CT molecular complexity index is 582. The van der Waals surface area contributed by atoms with Gasteiger partial charge in [-0.1, -0.05) is 0 Å². The molecule has 0 saturated carbocycles. The predicted molar refractivity (Wildman–Crippen MR) is 60.9 cm³/mol. The van der Waals surface area contributed by atoms with Gasteiger partial charge in [-0.2, -0.15) is 0 Å². The smallest absolute Gasteiger partial charge is 0.204 e. The Morgan fingerprint density at radius 3 is 2.82 bits per heavy atom. The number of rotatable bonds is 1. The van der Waals surface area contributed by atoms with Crippen LogP contribution in [0.15, 0.2) is 18.3 Å². The summed E-state index contributed by atoms with van der Waals surface area (Å²) in [5.41, 5.74) is 0.617. The number of fused-ring (bicyclic) bond motifs is 3. The van der Waals surface area contributed by atoms with Crippen molar-refractivity contribution in [1.29, 1.82) is 0 Å². The number of pyridine rings is 1. The van der Waals surface area contributed by atoms with Crippen molar-refractivity contribution in [3.8, 4) is 23.0 Å². The van der Waals surface area contributed by atoms with E-state index in [2.05, 4.69) is 4.98 Å². The maximum absolute atomic E-state index is 9.87. The van der Waals surface area contributed by atoms with E-state index in [9.17, 15) is 5.11 Å². The third-order valence-electron chi connectivity index (χ3n) is 2.68. The topological polar surface area (TPSA) is 60.8 Å². The van der Waals surface area contributed by atoms with Crippen LogP contribution in [0.25, 0.3) is 10.9 Å². The summed E-state index contributed by atoms with van der Waals surface area (Å²) in [4.78, 5) is 4.18. The molecule has 0 saturated heterocycles. The van der Waals surface area contributed by atoms with E-state index in [-0.39, 0.29) is 5.75 Å². The molecule has 1 aromatic carbocycles. The zero-order valence-electron chi connectivity index (χ0n) is 9.27. The largest absolute Gasteiger partial charge is 0.507 e. The van der Waals surface area contributed by atoms with Gasteiger partial charge in [-0.3, -0.25) is 4.98 Å². The first-order valence-electron chi connectivity index (χ1n) is 5.25. The van der Waals surface area contributed by atoms with Crippen LogP contribution in [0.5, 0.6) is 23.0 Å². The molecule has 1 aliphatic rings. The van der Waals surface area contributed by atoms with Crippen LogP contribution in [0.3, 0.4) is 0 Å². The number of hydrogen-bond donors (Lipinski definition) is 1. The highest BCUT2D eigenvalue weighted by molar-refractivity contribution is 5.95. The number of methoxy groups -OCH3 is 1. The van der Waals surface area contributed by atoms with E-state index in [0.717, 1.165) is 0 Å². The molecule has 0 spiro atoms. The van der Waals surface area contributed by atoms with Crippen LogP contribution in [-0.4, -0.2) is 30.4 Å². The number of aromatic nitrogens is 1. The Morgan fingerprint density at radius 1 is 1.29 bits per heavy atom. The highest BCUT2D eigenvalue weighted by atomic mass is 16.6. The summed E-state index contributed by atoms with van der Waals surface area (Å²) in [6.07, 6.45) is 1.53. The monoisotopic (exact) mass is 233 g/mol. The summed E-state index contributed by atoms with van der Waals surface area (Å²) in [7, 11) is 1.56. The first-order valence-corrected chi connectivity index (χ1v) is 5.25. The van der Waals surface area contributed by atoms with E-state index in [1.807, 2.05) is 0 Å². The fourth-order valence-electron chi connectivity index (χ4n) is 1.94. The Labute approximate surface area is 97.6 Å². The maximum Gasteiger partial charge on any atom is 0.204 e. The average molecular weight is 233 g/mol. The SMILES string of the molecule is COc1cc2nccc(O)c2c2c1OCCO2. The van der Waals surface area contributed by atoms with Crippen LogP contribution in [0, 0.1) is 0 Å². The van der Waals surface area contributed by atoms with E-state index in [0.29, 0.717) is 41.4 Å². The van der Waals surface area contributed by atoms with E-state index in [4.69, 9.17) is 14.2 Å². The maximum atomic E-state index is 9.87. The Kier molecular flexibility index (Phi) is 2.18. The molecule has 0 unspecified atom stereocenters. The molecule has 0 bridgehead atoms. The molecule has 1 aromatic heterocycles. The van der Waals surface area contributed by atoms with E-state index < -0.39 is 0 Å². The number of ether oxygens (including phenoxy) is 3. The fraction of sp³-hybridized carbons (Fsp3) is 0.250. The van der Waals surface area contributed by atoms with Crippen LogP contribution >= 0.6 is 0 Å². The predicted octanol–water partition coefficient (Wildman–Crippen LogP) is 1.72. The summed E-state index contributed by atoms with van der Waals surface area (Å²) >= 11 is 0. The molecule has 0 fully saturated rings. The first kappa shape index (κ1) is 10.0. The Morgan fingerprint density at radius 2 is 2.06 bits per heavy atom. The normalized spacial score (nSPS) is 13.7. The standard InChI is InChI=1S/C12H11NO4/c1-15-9-6-7-10(8(14)2-3-13-7)12-11(9)16-4-5-17-12/h2-3,6H,4-5H2,1H3,(H,13,14). The lowest BCUT2D eigenvalue weighted by molar-refractivity contribution is 0.167. The molecule has 0 amide bonds. The zero-order valence-corrected chi connectivity index (χ0v) is 9.27. The lowest BCUT2D eigenvalue weighted by Crippen LogP contribution is -2.16. The molecule has 0 radical (unpaired) electrons. The molecule has 88 valence electrons. The lowest BCUT2D eigenvalue weighted by atomic mass is 10.1. The Balaban J connectivity index is 2.40. The van der Waals surface area contributed by atoms with Crippen molar-refractivity contribution in [2.75, 3.05) is 20.3 Å². The van der Waals surface area contributed by atoms with Crippen LogP contribution in [0.4, 0.5) is 0 Å². The quantitative estimate of drug-likeness (QED) is 0.812. The van der Waals surface area contributed by atoms with Crippen molar-refractivity contribution in [3.05, 3.63) is 18.3 Å². The molecule has 0 aliphatic carbocycles. The van der Waals surface area contributed by atoms with Crippen molar-refractivity contribution in [1.82, 2.24) is 4.98 Å². The number of benzene rings is 1. The number of nitrogens with zero attached hydrogens (tertiary/aromatic N) is 1. The second-order valence-corrected chi connectivity index (χ2v) is 3.66. The molecule has 0 atom stereocenters. The van der Waals surface area contributed by atoms with Gasteiger partial charge in [0, 0.05) is 12.3 Å². The van der Waals surface area contributed by atoms with Gasteiger partial charge in [0.25, 0.3) is 0 Å². The van der Waals surface area contributed by atoms with Gasteiger partial charge in [-0.15, -0.1) is 0 Å². The third-order valence-corrected chi connectivity index (χ3v) is 2.68. The minimum Gasteiger partial charge on any atom is -0.507 e. The van der Waals surface area contributed by atoms with Gasteiger partial charge in [0.05, 0.1) is 18.0 Å². The Hall–Kier alpha value is -2.17. The molecule has 2 aromatic rings. The van der Waals surface area contributed by atoms with E-state index in [1.54, 1.807) is 13.2 Å². The summed E-state index contributed by atoms with van der Waals surface area (Å²) < 4.78 is 16.3. The second-order valence-electron chi connectivity index (χ2n) is 3.66. The molecule has 5 nitrogen and oxygen atoms in total. The van der Waals surface area contributed by atoms with Gasteiger partial charge in [-0.05, 0) is 6.07 Å². The molecule has 1 N–H and O–H groups in total. The van der Waals surface area contributed by atoms with Crippen LogP contribution in [-0.2, 0) is 0 Å². The third kappa shape index (κ3) is 1.43. The molecular weight excluding hydrogens is 222 g/mol. The van der Waals surface area contributed by atoms with Gasteiger partial charge in [-0.25, -0.2) is 0 Å². The van der Waals surface area contributed by atoms with E-state index >= 15 is 0 Å². The summed E-state index contributed by atoms with van der Waals surface area (Å²) in [5.74, 6) is 1.70. The van der Waals surface area contributed by atoms with Crippen LogP contribution in [0.2, 0.25) is 0 Å². The second kappa shape index (κ2) is 3.69. The fourth-order valence-corrected chi connectivity index (χ4v) is 1.94. The minimum atomic E-state index is 0.124. The van der Waals surface area contributed by atoms with Crippen molar-refractivity contribution >= 4 is 10.9 Å². The van der Waals surface area contributed by atoms with Crippen molar-refractivity contribution in [2.24, 2.45) is 0 Å². The zero-order chi connectivity index (χ0) is 11.8. The molecule has 2 heterocycles. The molecular formula is C12H11NO4. The van der Waals surface area contributed by atoms with Crippen molar-refractivity contribution in [3.63, 3.8) is 0 Å². The molecule has 3 rings (SSSR count). The van der Waals surface area contributed by atoms with Crippen LogP contribution in [0.1, 0.15) is 0 Å². The molecule has 5 heteroatoms. The van der Waals surface area contributed by atoms with Gasteiger partial charge in [0.2, 0.25) is 5.75 Å². The van der Waals surface area contributed by atoms with Crippen LogP contribution < -0.4 is 14.2 Å². The van der Waals surface area contributed by atoms with E-state index in [1.165, 1.54) is 12.3 Å².